The van der Waals surface area contributed by atoms with Gasteiger partial charge in [0.1, 0.15) is 0 Å². The van der Waals surface area contributed by atoms with Crippen molar-refractivity contribution in [1.82, 2.24) is 9.55 Å². The first-order valence-electron chi connectivity index (χ1n) is 6.65. The molecule has 1 aromatic heterocycles. The number of aryl methyl sites for hydroxylation is 3. The van der Waals surface area contributed by atoms with Crippen LogP contribution in [-0.4, -0.2) is 15.5 Å². The number of amides is 1. The third kappa shape index (κ3) is 3.92. The molecule has 2 rings (SSSR count). The van der Waals surface area contributed by atoms with Gasteiger partial charge < -0.3 is 11.1 Å². The van der Waals surface area contributed by atoms with Crippen LogP contribution in [0.4, 0.5) is 11.4 Å². The van der Waals surface area contributed by atoms with Crippen LogP contribution < -0.4 is 16.7 Å². The number of anilines is 2. The minimum atomic E-state index is -0.350. The Morgan fingerprint density at radius 1 is 1.38 bits per heavy atom. The van der Waals surface area contributed by atoms with Gasteiger partial charge in [-0.1, -0.05) is 0 Å². The van der Waals surface area contributed by atoms with Crippen LogP contribution in [0.25, 0.3) is 0 Å². The molecule has 1 amide bonds. The average molecular weight is 286 g/mol. The van der Waals surface area contributed by atoms with E-state index in [2.05, 4.69) is 10.3 Å². The molecule has 3 N–H and O–H groups in total. The predicted molar refractivity (Wildman–Crippen MR) is 82.1 cm³/mol. The lowest BCUT2D eigenvalue weighted by molar-refractivity contribution is -0.116. The average Bonchev–Trinajstić information content (AvgIpc) is 2.43. The summed E-state index contributed by atoms with van der Waals surface area (Å²) in [7, 11) is 0. The Morgan fingerprint density at radius 3 is 2.86 bits per heavy atom. The molecular formula is C15H18N4O2. The van der Waals surface area contributed by atoms with Crippen molar-refractivity contribution in [1.29, 1.82) is 0 Å². The zero-order chi connectivity index (χ0) is 15.4. The summed E-state index contributed by atoms with van der Waals surface area (Å²) in [5.74, 6) is -0.156. The number of benzene rings is 1. The predicted octanol–water partition coefficient (Wildman–Crippen LogP) is 1.47. The molecule has 6 nitrogen and oxygen atoms in total. The smallest absolute Gasteiger partial charge is 0.347 e. The topological polar surface area (TPSA) is 90.0 Å². The molecule has 0 spiro atoms. The number of hydrogen-bond acceptors (Lipinski definition) is 4. The Bertz CT molecular complexity index is 722. The van der Waals surface area contributed by atoms with Crippen LogP contribution in [0.15, 0.2) is 35.4 Å². The van der Waals surface area contributed by atoms with Crippen LogP contribution in [0.5, 0.6) is 0 Å². The molecule has 0 aliphatic rings. The largest absolute Gasteiger partial charge is 0.399 e. The Labute approximate surface area is 122 Å². The molecule has 6 heteroatoms. The molecular weight excluding hydrogens is 268 g/mol. The summed E-state index contributed by atoms with van der Waals surface area (Å²) in [6.45, 7) is 4.02. The van der Waals surface area contributed by atoms with Crippen molar-refractivity contribution in [2.24, 2.45) is 0 Å². The molecule has 0 aliphatic carbocycles. The summed E-state index contributed by atoms with van der Waals surface area (Å²) in [5, 5.41) is 2.81. The van der Waals surface area contributed by atoms with Gasteiger partial charge in [-0.2, -0.15) is 0 Å². The molecule has 21 heavy (non-hydrogen) atoms. The van der Waals surface area contributed by atoms with Gasteiger partial charge in [-0.05, 0) is 43.2 Å². The molecule has 0 atom stereocenters. The number of nitrogens with one attached hydrogen (secondary N) is 1. The highest BCUT2D eigenvalue weighted by Gasteiger charge is 2.06. The maximum Gasteiger partial charge on any atom is 0.347 e. The molecule has 0 saturated carbocycles. The summed E-state index contributed by atoms with van der Waals surface area (Å²) in [4.78, 5) is 27.2. The van der Waals surface area contributed by atoms with Crippen LogP contribution in [0.1, 0.15) is 17.5 Å². The van der Waals surface area contributed by atoms with Crippen LogP contribution in [-0.2, 0) is 11.3 Å². The van der Waals surface area contributed by atoms with E-state index in [0.717, 1.165) is 16.8 Å². The Morgan fingerprint density at radius 2 is 2.14 bits per heavy atom. The zero-order valence-electron chi connectivity index (χ0n) is 12.1. The highest BCUT2D eigenvalue weighted by Crippen LogP contribution is 2.17. The second kappa shape index (κ2) is 6.21. The minimum Gasteiger partial charge on any atom is -0.399 e. The molecule has 0 radical (unpaired) electrons. The van der Waals surface area contributed by atoms with E-state index in [-0.39, 0.29) is 18.0 Å². The first-order chi connectivity index (χ1) is 9.95. The molecule has 1 heterocycles. The third-order valence-corrected chi connectivity index (χ3v) is 3.09. The second-order valence-corrected chi connectivity index (χ2v) is 4.98. The Hall–Kier alpha value is -2.63. The van der Waals surface area contributed by atoms with E-state index in [9.17, 15) is 9.59 Å². The van der Waals surface area contributed by atoms with Crippen molar-refractivity contribution in [3.05, 3.63) is 52.2 Å². The number of carbonyl (C=O) groups excluding carboxylic acids is 1. The lowest BCUT2D eigenvalue weighted by Crippen LogP contribution is -2.25. The van der Waals surface area contributed by atoms with Crippen molar-refractivity contribution in [2.75, 3.05) is 11.1 Å². The maximum absolute atomic E-state index is 11.9. The highest BCUT2D eigenvalue weighted by atomic mass is 16.2. The molecule has 110 valence electrons. The standard InChI is InChI=1S/C15H18N4O2/c1-10-8-17-15(21)19(9-10)6-5-14(20)18-13-4-3-12(16)7-11(13)2/h3-4,7-9H,5-6,16H2,1-2H3,(H,18,20). The molecule has 2 aromatic rings. The first-order valence-corrected chi connectivity index (χ1v) is 6.65. The Balaban J connectivity index is 1.99. The quantitative estimate of drug-likeness (QED) is 0.833. The summed E-state index contributed by atoms with van der Waals surface area (Å²) in [6.07, 6.45) is 3.41. The van der Waals surface area contributed by atoms with E-state index in [4.69, 9.17) is 5.73 Å². The van der Waals surface area contributed by atoms with Gasteiger partial charge in [0.2, 0.25) is 5.91 Å². The van der Waals surface area contributed by atoms with Crippen molar-refractivity contribution in [3.8, 4) is 0 Å². The van der Waals surface area contributed by atoms with Gasteiger partial charge in [0.15, 0.2) is 0 Å². The highest BCUT2D eigenvalue weighted by molar-refractivity contribution is 5.91. The lowest BCUT2D eigenvalue weighted by Gasteiger charge is -2.10. The fourth-order valence-corrected chi connectivity index (χ4v) is 1.99. The van der Waals surface area contributed by atoms with Gasteiger partial charge in [-0.15, -0.1) is 0 Å². The normalized spacial score (nSPS) is 10.4. The van der Waals surface area contributed by atoms with E-state index in [1.54, 1.807) is 24.4 Å². The number of hydrogen-bond donors (Lipinski definition) is 2. The summed E-state index contributed by atoms with van der Waals surface area (Å²) >= 11 is 0. The van der Waals surface area contributed by atoms with E-state index in [0.29, 0.717) is 12.2 Å². The van der Waals surface area contributed by atoms with E-state index < -0.39 is 0 Å². The molecule has 0 bridgehead atoms. The fraction of sp³-hybridized carbons (Fsp3) is 0.267. The van der Waals surface area contributed by atoms with Crippen LogP contribution in [0, 0.1) is 13.8 Å². The third-order valence-electron chi connectivity index (χ3n) is 3.09. The molecule has 0 fully saturated rings. The number of aromatic nitrogens is 2. The zero-order valence-corrected chi connectivity index (χ0v) is 12.1. The first kappa shape index (κ1) is 14.8. The summed E-state index contributed by atoms with van der Waals surface area (Å²) in [6, 6.07) is 5.30. The molecule has 0 unspecified atom stereocenters. The van der Waals surface area contributed by atoms with Crippen LogP contribution in [0.2, 0.25) is 0 Å². The SMILES string of the molecule is Cc1cnc(=O)n(CCC(=O)Nc2ccc(N)cc2C)c1. The number of rotatable bonds is 4. The van der Waals surface area contributed by atoms with Crippen molar-refractivity contribution in [2.45, 2.75) is 26.8 Å². The fourth-order valence-electron chi connectivity index (χ4n) is 1.99. The molecule has 0 aliphatic heterocycles. The van der Waals surface area contributed by atoms with Gasteiger partial charge >= 0.3 is 5.69 Å². The van der Waals surface area contributed by atoms with Gasteiger partial charge in [-0.25, -0.2) is 9.78 Å². The van der Waals surface area contributed by atoms with E-state index in [1.807, 2.05) is 13.8 Å². The van der Waals surface area contributed by atoms with Gasteiger partial charge in [-0.3, -0.25) is 9.36 Å². The number of nitrogens with zero attached hydrogens (tertiary/aromatic N) is 2. The summed E-state index contributed by atoms with van der Waals surface area (Å²) in [5.41, 5.74) is 8.48. The summed E-state index contributed by atoms with van der Waals surface area (Å²) < 4.78 is 1.44. The van der Waals surface area contributed by atoms with E-state index >= 15 is 0 Å². The van der Waals surface area contributed by atoms with Gasteiger partial charge in [0.05, 0.1) is 0 Å². The van der Waals surface area contributed by atoms with Crippen molar-refractivity contribution in [3.63, 3.8) is 0 Å². The number of nitrogens with two attached hydrogens (primary N) is 1. The van der Waals surface area contributed by atoms with Crippen LogP contribution in [0.3, 0.4) is 0 Å². The Kier molecular flexibility index (Phi) is 4.37. The second-order valence-electron chi connectivity index (χ2n) is 4.98. The molecule has 1 aromatic carbocycles. The number of nitrogen functional groups attached to an aromatic ring is 1. The van der Waals surface area contributed by atoms with Crippen LogP contribution >= 0.6 is 0 Å². The maximum atomic E-state index is 11.9. The number of carbonyl (C=O) groups is 1. The van der Waals surface area contributed by atoms with Gasteiger partial charge in [0, 0.05) is 36.7 Å². The van der Waals surface area contributed by atoms with Crippen molar-refractivity contribution >= 4 is 17.3 Å². The minimum absolute atomic E-state index is 0.156. The van der Waals surface area contributed by atoms with Gasteiger partial charge in [0.25, 0.3) is 0 Å². The lowest BCUT2D eigenvalue weighted by atomic mass is 10.2. The monoisotopic (exact) mass is 286 g/mol. The van der Waals surface area contributed by atoms with Crippen molar-refractivity contribution < 1.29 is 4.79 Å². The molecule has 0 saturated heterocycles. The van der Waals surface area contributed by atoms with E-state index in [1.165, 1.54) is 10.8 Å².